The molecule has 0 amide bonds. The van der Waals surface area contributed by atoms with Gasteiger partial charge in [-0.2, -0.15) is 0 Å². The van der Waals surface area contributed by atoms with Gasteiger partial charge in [-0.3, -0.25) is 0 Å². The zero-order valence-corrected chi connectivity index (χ0v) is 33.9. The Labute approximate surface area is 300 Å². The topological polar surface area (TPSA) is 66.4 Å². The van der Waals surface area contributed by atoms with Gasteiger partial charge in [0.15, 0.2) is 5.34 Å². The van der Waals surface area contributed by atoms with Crippen LogP contribution in [-0.4, -0.2) is 36.4 Å². The molecule has 4 atom stereocenters. The van der Waals surface area contributed by atoms with Gasteiger partial charge in [-0.05, 0) is 61.2 Å². The zero-order chi connectivity index (χ0) is 36.8. The first-order chi connectivity index (χ1) is 23.1. The number of rotatable bonds is 11. The Bertz CT molecular complexity index is 1500. The molecule has 4 unspecified atom stereocenters. The van der Waals surface area contributed by atoms with Gasteiger partial charge < -0.3 is 28.4 Å². The average molecular weight is 711 g/mol. The van der Waals surface area contributed by atoms with Crippen LogP contribution in [0.25, 0.3) is 11.1 Å². The van der Waals surface area contributed by atoms with Crippen LogP contribution >= 0.6 is 17.6 Å². The minimum atomic E-state index is -0.523. The third kappa shape index (κ3) is 12.7. The van der Waals surface area contributed by atoms with Crippen LogP contribution in [0.3, 0.4) is 0 Å². The van der Waals surface area contributed by atoms with E-state index in [4.69, 9.17) is 23.3 Å². The van der Waals surface area contributed by atoms with Crippen LogP contribution < -0.4 is 13.8 Å². The molecular formula is C41H60O6P2. The van der Waals surface area contributed by atoms with E-state index in [-0.39, 0.29) is 25.7 Å². The second kappa shape index (κ2) is 19.4. The zero-order valence-electron chi connectivity index (χ0n) is 31.9. The van der Waals surface area contributed by atoms with E-state index in [1.165, 1.54) is 0 Å². The molecule has 6 nitrogen and oxygen atoms in total. The molecule has 4 rings (SSSR count). The molecule has 0 radical (unpaired) electrons. The molecule has 0 aliphatic heterocycles. The Balaban J connectivity index is 0.000000464. The van der Waals surface area contributed by atoms with E-state index in [0.29, 0.717) is 20.2 Å². The van der Waals surface area contributed by atoms with Crippen molar-refractivity contribution in [3.05, 3.63) is 96.3 Å². The van der Waals surface area contributed by atoms with Crippen molar-refractivity contribution in [3.8, 4) is 34.1 Å². The Morgan fingerprint density at radius 3 is 1.84 bits per heavy atom. The number of phenols is 1. The van der Waals surface area contributed by atoms with Crippen LogP contribution in [0.15, 0.2) is 90.7 Å². The van der Waals surface area contributed by atoms with Gasteiger partial charge in [-0.15, -0.1) is 0 Å². The molecule has 0 saturated heterocycles. The van der Waals surface area contributed by atoms with Crippen LogP contribution in [0, 0.1) is 5.41 Å². The second-order valence-corrected chi connectivity index (χ2v) is 17.0. The van der Waals surface area contributed by atoms with Gasteiger partial charge in [-0.1, -0.05) is 112 Å². The summed E-state index contributed by atoms with van der Waals surface area (Å²) in [7, 11) is 3.85. The number of ether oxygens (including phenoxy) is 3. The van der Waals surface area contributed by atoms with Gasteiger partial charge >= 0.3 is 0 Å². The second-order valence-electron chi connectivity index (χ2n) is 14.1. The number of phenolic OH excluding ortho intramolecular Hbond substituents is 1. The summed E-state index contributed by atoms with van der Waals surface area (Å²) in [5.74, 6) is 3.69. The van der Waals surface area contributed by atoms with Crippen molar-refractivity contribution >= 4 is 17.6 Å². The fourth-order valence-electron chi connectivity index (χ4n) is 4.53. The minimum Gasteiger partial charge on any atom is -0.508 e. The monoisotopic (exact) mass is 710 g/mol. The van der Waals surface area contributed by atoms with Gasteiger partial charge in [0.1, 0.15) is 37.6 Å². The highest BCUT2D eigenvalue weighted by Crippen LogP contribution is 2.51. The summed E-state index contributed by atoms with van der Waals surface area (Å²) >= 11 is 0. The van der Waals surface area contributed by atoms with Crippen molar-refractivity contribution in [2.75, 3.05) is 14.2 Å². The molecule has 1 N–H and O–H groups in total. The summed E-state index contributed by atoms with van der Waals surface area (Å²) in [4.78, 5) is 0. The molecule has 3 aromatic rings. The summed E-state index contributed by atoms with van der Waals surface area (Å²) in [5, 5.41) is 9.09. The third-order valence-corrected chi connectivity index (χ3v) is 10.3. The number of aromatic hydroxyl groups is 1. The molecule has 1 aliphatic rings. The van der Waals surface area contributed by atoms with Gasteiger partial charge in [0.05, 0.1) is 22.0 Å². The summed E-state index contributed by atoms with van der Waals surface area (Å²) < 4.78 is 29.8. The van der Waals surface area contributed by atoms with Crippen LogP contribution in [0.1, 0.15) is 88.1 Å². The number of hydrogen-bond acceptors (Lipinski definition) is 6. The van der Waals surface area contributed by atoms with Gasteiger partial charge in [-0.25, -0.2) is 0 Å². The smallest absolute Gasteiger partial charge is 0.162 e. The molecule has 0 aromatic heterocycles. The number of allylic oxidation sites excluding steroid dienone is 1. The molecular weight excluding hydrogens is 650 g/mol. The van der Waals surface area contributed by atoms with Crippen molar-refractivity contribution in [2.45, 2.75) is 105 Å². The molecule has 8 heteroatoms. The molecule has 3 aromatic carbocycles. The van der Waals surface area contributed by atoms with Crippen LogP contribution in [0.4, 0.5) is 0 Å². The van der Waals surface area contributed by atoms with Crippen LogP contribution in [0.5, 0.6) is 23.0 Å². The van der Waals surface area contributed by atoms with E-state index >= 15 is 0 Å². The maximum Gasteiger partial charge on any atom is 0.162 e. The van der Waals surface area contributed by atoms with Crippen molar-refractivity contribution < 1.29 is 28.4 Å². The molecule has 0 bridgehead atoms. The summed E-state index contributed by atoms with van der Waals surface area (Å²) in [5.41, 5.74) is 3.25. The van der Waals surface area contributed by atoms with Gasteiger partial charge in [0, 0.05) is 34.9 Å². The molecule has 0 heterocycles. The first-order valence-corrected chi connectivity index (χ1v) is 19.0. The highest BCUT2D eigenvalue weighted by atomic mass is 31.1. The highest BCUT2D eigenvalue weighted by Gasteiger charge is 2.42. The lowest BCUT2D eigenvalue weighted by atomic mass is 9.86. The Morgan fingerprint density at radius 2 is 1.37 bits per heavy atom. The van der Waals surface area contributed by atoms with E-state index in [1.54, 1.807) is 26.4 Å². The standard InChI is InChI=1S/C28H38O4P2.C11H16O2.C2H6/c1-20(2)33-31-25-14-10-8-12-23(25)24-13-9-11-15-26(24)32-34-28(6,27(3,4)5)30-22-18-16-21(29-7)17-19-22;1-11(2,3)9-7-8(13-4)5-6-10(9)12;1-2/h8-16,18-21,33-34H,17H2,1-7H3;5-7,12H,1-4H3;1-2H3. The van der Waals surface area contributed by atoms with Crippen molar-refractivity contribution in [1.29, 1.82) is 0 Å². The maximum atomic E-state index is 9.61. The highest BCUT2D eigenvalue weighted by molar-refractivity contribution is 7.34. The Kier molecular flexibility index (Phi) is 16.7. The van der Waals surface area contributed by atoms with Crippen molar-refractivity contribution in [1.82, 2.24) is 0 Å². The van der Waals surface area contributed by atoms with Crippen molar-refractivity contribution in [2.24, 2.45) is 5.41 Å². The number of methoxy groups -OCH3 is 2. The lowest BCUT2D eigenvalue weighted by Gasteiger charge is -2.41. The molecule has 0 fully saturated rings. The fraction of sp³-hybridized carbons (Fsp3) is 0.463. The molecule has 1 aliphatic carbocycles. The van der Waals surface area contributed by atoms with Gasteiger partial charge in [0.2, 0.25) is 0 Å². The first kappa shape index (κ1) is 42.1. The van der Waals surface area contributed by atoms with Crippen LogP contribution in [0.2, 0.25) is 0 Å². The third-order valence-electron chi connectivity index (χ3n) is 7.92. The lowest BCUT2D eigenvalue weighted by molar-refractivity contribution is 0.00621. The van der Waals surface area contributed by atoms with Crippen molar-refractivity contribution in [3.63, 3.8) is 0 Å². The van der Waals surface area contributed by atoms with E-state index in [2.05, 4.69) is 80.5 Å². The van der Waals surface area contributed by atoms with E-state index in [1.807, 2.05) is 68.5 Å². The molecule has 270 valence electrons. The fourth-order valence-corrected chi connectivity index (χ4v) is 6.02. The Morgan fingerprint density at radius 1 is 0.796 bits per heavy atom. The largest absolute Gasteiger partial charge is 0.508 e. The number of benzene rings is 3. The summed E-state index contributed by atoms with van der Waals surface area (Å²) in [6.07, 6.45) is 7.07. The van der Waals surface area contributed by atoms with Gasteiger partial charge in [0.25, 0.3) is 0 Å². The predicted octanol–water partition coefficient (Wildman–Crippen LogP) is 12.1. The van der Waals surface area contributed by atoms with E-state index < -0.39 is 5.34 Å². The molecule has 0 saturated carbocycles. The van der Waals surface area contributed by atoms with E-state index in [0.717, 1.165) is 46.1 Å². The van der Waals surface area contributed by atoms with E-state index in [9.17, 15) is 5.11 Å². The lowest BCUT2D eigenvalue weighted by Crippen LogP contribution is -2.38. The molecule has 49 heavy (non-hydrogen) atoms. The number of para-hydroxylation sites is 2. The van der Waals surface area contributed by atoms with Crippen LogP contribution in [-0.2, 0) is 14.9 Å². The molecule has 0 spiro atoms. The first-order valence-electron chi connectivity index (χ1n) is 17.1. The summed E-state index contributed by atoms with van der Waals surface area (Å²) in [6, 6.07) is 21.6. The average Bonchev–Trinajstić information content (AvgIpc) is 3.07. The number of hydrogen-bond donors (Lipinski definition) is 1. The summed E-state index contributed by atoms with van der Waals surface area (Å²) in [6.45, 7) is 23.2. The maximum absolute atomic E-state index is 9.61. The minimum absolute atomic E-state index is 0.0569. The quantitative estimate of drug-likeness (QED) is 0.200. The normalized spacial score (nSPS) is 16.0. The predicted molar refractivity (Wildman–Crippen MR) is 211 cm³/mol. The Hall–Kier alpha value is -3.04. The SMILES string of the molecule is CC.COC1C=CC(OC(C)(POc2ccccc2-c2ccccc2OPC(C)C)C(C)(C)C)=CC1.COc1ccc(O)c(C(C)(C)C)c1.